The molecule has 2 heterocycles. The van der Waals surface area contributed by atoms with Crippen LogP contribution < -0.4 is 5.73 Å². The Morgan fingerprint density at radius 1 is 1.28 bits per heavy atom. The van der Waals surface area contributed by atoms with Gasteiger partial charge in [0.2, 0.25) is 0 Å². The Bertz CT molecular complexity index is 733. The third kappa shape index (κ3) is 1.71. The minimum Gasteiger partial charge on any atom is -0.399 e. The number of pyridine rings is 1. The summed E-state index contributed by atoms with van der Waals surface area (Å²) in [7, 11) is 0. The lowest BCUT2D eigenvalue weighted by atomic mass is 10.2. The van der Waals surface area contributed by atoms with Crippen LogP contribution in [0.15, 0.2) is 30.5 Å². The number of nitrogen functional groups attached to an aromatic ring is 1. The molecule has 0 amide bonds. The van der Waals surface area contributed by atoms with Gasteiger partial charge in [0.1, 0.15) is 5.82 Å². The quantitative estimate of drug-likeness (QED) is 0.659. The first kappa shape index (κ1) is 11.0. The van der Waals surface area contributed by atoms with E-state index in [1.165, 1.54) is 0 Å². The van der Waals surface area contributed by atoms with Crippen LogP contribution in [0.3, 0.4) is 0 Å². The van der Waals surface area contributed by atoms with Crippen LogP contribution in [0, 0.1) is 6.92 Å². The van der Waals surface area contributed by atoms with Gasteiger partial charge in [-0.1, -0.05) is 11.6 Å². The normalized spacial score (nSPS) is 11.0. The van der Waals surface area contributed by atoms with Crippen molar-refractivity contribution in [3.05, 3.63) is 41.0 Å². The van der Waals surface area contributed by atoms with Crippen LogP contribution in [0.25, 0.3) is 22.6 Å². The van der Waals surface area contributed by atoms with Crippen molar-refractivity contribution in [3.8, 4) is 11.4 Å². The van der Waals surface area contributed by atoms with Crippen molar-refractivity contribution < 1.29 is 0 Å². The maximum Gasteiger partial charge on any atom is 0.178 e. The summed E-state index contributed by atoms with van der Waals surface area (Å²) in [6.07, 6.45) is 1.74. The Kier molecular flexibility index (Phi) is 2.45. The largest absolute Gasteiger partial charge is 0.399 e. The molecule has 0 unspecified atom stereocenters. The first-order valence-electron chi connectivity index (χ1n) is 5.52. The van der Waals surface area contributed by atoms with Crippen molar-refractivity contribution in [2.45, 2.75) is 6.92 Å². The van der Waals surface area contributed by atoms with Crippen LogP contribution in [0.2, 0.25) is 5.02 Å². The zero-order valence-electron chi connectivity index (χ0n) is 9.74. The molecule has 3 aromatic rings. The fourth-order valence-corrected chi connectivity index (χ4v) is 2.16. The van der Waals surface area contributed by atoms with Crippen molar-refractivity contribution in [2.75, 3.05) is 5.73 Å². The first-order chi connectivity index (χ1) is 8.65. The Hall–Kier alpha value is -2.07. The van der Waals surface area contributed by atoms with Gasteiger partial charge in [0.05, 0.1) is 10.5 Å². The first-order valence-corrected chi connectivity index (χ1v) is 5.89. The minimum atomic E-state index is 0.576. The summed E-state index contributed by atoms with van der Waals surface area (Å²) in [5.41, 5.74) is 9.86. The highest BCUT2D eigenvalue weighted by molar-refractivity contribution is 6.33. The summed E-state index contributed by atoms with van der Waals surface area (Å²) in [6.45, 7) is 2.01. The van der Waals surface area contributed by atoms with Gasteiger partial charge in [-0.25, -0.2) is 9.97 Å². The average molecular weight is 259 g/mol. The van der Waals surface area contributed by atoms with Crippen LogP contribution in [0.4, 0.5) is 5.69 Å². The van der Waals surface area contributed by atoms with E-state index >= 15 is 0 Å². The molecule has 0 aliphatic rings. The van der Waals surface area contributed by atoms with E-state index < -0.39 is 0 Å². The molecule has 0 spiro atoms. The Balaban J connectivity index is 2.23. The van der Waals surface area contributed by atoms with Crippen molar-refractivity contribution in [2.24, 2.45) is 0 Å². The zero-order valence-corrected chi connectivity index (χ0v) is 10.5. The Labute approximate surface area is 109 Å². The molecule has 0 fully saturated rings. The summed E-state index contributed by atoms with van der Waals surface area (Å²) >= 11 is 6.17. The second kappa shape index (κ2) is 3.99. The van der Waals surface area contributed by atoms with Gasteiger partial charge in [-0.05, 0) is 36.8 Å². The molecule has 3 rings (SSSR count). The summed E-state index contributed by atoms with van der Waals surface area (Å²) in [5, 5.41) is 0.576. The molecule has 0 radical (unpaired) electrons. The van der Waals surface area contributed by atoms with E-state index in [0.29, 0.717) is 22.2 Å². The number of nitrogens with zero attached hydrogens (tertiary/aromatic N) is 2. The van der Waals surface area contributed by atoms with Crippen molar-refractivity contribution in [1.29, 1.82) is 0 Å². The van der Waals surface area contributed by atoms with Gasteiger partial charge in [-0.2, -0.15) is 0 Å². The lowest BCUT2D eigenvalue weighted by Gasteiger charge is -2.01. The number of aromatic nitrogens is 3. The monoisotopic (exact) mass is 258 g/mol. The van der Waals surface area contributed by atoms with Crippen molar-refractivity contribution in [3.63, 3.8) is 0 Å². The van der Waals surface area contributed by atoms with Gasteiger partial charge in [0.15, 0.2) is 5.65 Å². The summed E-state index contributed by atoms with van der Waals surface area (Å²) in [6, 6.07) is 7.30. The molecule has 0 saturated carbocycles. The van der Waals surface area contributed by atoms with E-state index in [4.69, 9.17) is 17.3 Å². The molecule has 2 aromatic heterocycles. The number of nitrogens with one attached hydrogen (secondary N) is 1. The molecule has 1 aromatic carbocycles. The lowest BCUT2D eigenvalue weighted by molar-refractivity contribution is 1.30. The predicted molar refractivity (Wildman–Crippen MR) is 73.5 cm³/mol. The summed E-state index contributed by atoms with van der Waals surface area (Å²) < 4.78 is 0. The van der Waals surface area contributed by atoms with Gasteiger partial charge in [-0.3, -0.25) is 0 Å². The molecule has 3 N–H and O–H groups in total. The number of imidazole rings is 1. The second-order valence-electron chi connectivity index (χ2n) is 4.15. The second-order valence-corrected chi connectivity index (χ2v) is 4.56. The SMILES string of the molecule is Cc1ccnc2nc(-c3ccc(N)cc3Cl)[nH]c12. The van der Waals surface area contributed by atoms with Crippen LogP contribution in [0.1, 0.15) is 5.56 Å². The molecule has 0 saturated heterocycles. The number of nitrogens with two attached hydrogens (primary N) is 1. The van der Waals surface area contributed by atoms with Gasteiger partial charge < -0.3 is 10.7 Å². The fraction of sp³-hybridized carbons (Fsp3) is 0.0769. The number of anilines is 1. The zero-order chi connectivity index (χ0) is 12.7. The van der Waals surface area contributed by atoms with Gasteiger partial charge in [0, 0.05) is 17.4 Å². The molecule has 4 nitrogen and oxygen atoms in total. The van der Waals surface area contributed by atoms with Crippen molar-refractivity contribution in [1.82, 2.24) is 15.0 Å². The van der Waals surface area contributed by atoms with Crippen molar-refractivity contribution >= 4 is 28.5 Å². The van der Waals surface area contributed by atoms with E-state index in [2.05, 4.69) is 15.0 Å². The molecular formula is C13H11ClN4. The van der Waals surface area contributed by atoms with E-state index in [-0.39, 0.29) is 0 Å². The van der Waals surface area contributed by atoms with Crippen LogP contribution in [-0.2, 0) is 0 Å². The topological polar surface area (TPSA) is 67.6 Å². The molecule has 0 bridgehead atoms. The van der Waals surface area contributed by atoms with Crippen LogP contribution in [-0.4, -0.2) is 15.0 Å². The van der Waals surface area contributed by atoms with Gasteiger partial charge >= 0.3 is 0 Å². The molecule has 0 aliphatic heterocycles. The number of rotatable bonds is 1. The van der Waals surface area contributed by atoms with Gasteiger partial charge in [0.25, 0.3) is 0 Å². The Morgan fingerprint density at radius 2 is 2.11 bits per heavy atom. The predicted octanol–water partition coefficient (Wildman–Crippen LogP) is 3.17. The molecular weight excluding hydrogens is 248 g/mol. The Morgan fingerprint density at radius 3 is 2.83 bits per heavy atom. The maximum absolute atomic E-state index is 6.17. The van der Waals surface area contributed by atoms with E-state index in [9.17, 15) is 0 Å². The number of fused-ring (bicyclic) bond motifs is 1. The summed E-state index contributed by atoms with van der Waals surface area (Å²) in [4.78, 5) is 11.9. The third-order valence-corrected chi connectivity index (χ3v) is 3.16. The molecule has 0 aliphatic carbocycles. The number of aryl methyl sites for hydroxylation is 1. The number of hydrogen-bond acceptors (Lipinski definition) is 3. The van der Waals surface area contributed by atoms with E-state index in [1.807, 2.05) is 19.1 Å². The minimum absolute atomic E-state index is 0.576. The molecule has 18 heavy (non-hydrogen) atoms. The van der Waals surface area contributed by atoms with Crippen LogP contribution >= 0.6 is 11.6 Å². The highest BCUT2D eigenvalue weighted by atomic mass is 35.5. The highest BCUT2D eigenvalue weighted by Crippen LogP contribution is 2.29. The lowest BCUT2D eigenvalue weighted by Crippen LogP contribution is -1.87. The number of hydrogen-bond donors (Lipinski definition) is 2. The highest BCUT2D eigenvalue weighted by Gasteiger charge is 2.10. The molecule has 0 atom stereocenters. The number of halogens is 1. The van der Waals surface area contributed by atoms with Gasteiger partial charge in [-0.15, -0.1) is 0 Å². The standard InChI is InChI=1S/C13H11ClN4/c1-7-4-5-16-13-11(7)17-12(18-13)9-3-2-8(15)6-10(9)14/h2-6H,15H2,1H3,(H,16,17,18). The smallest absolute Gasteiger partial charge is 0.178 e. The van der Waals surface area contributed by atoms with E-state index in [0.717, 1.165) is 16.6 Å². The number of H-pyrrole nitrogens is 1. The third-order valence-electron chi connectivity index (χ3n) is 2.85. The fourth-order valence-electron chi connectivity index (χ4n) is 1.89. The number of aromatic amines is 1. The van der Waals surface area contributed by atoms with E-state index in [1.54, 1.807) is 18.3 Å². The average Bonchev–Trinajstić information content (AvgIpc) is 2.74. The maximum atomic E-state index is 6.17. The number of benzene rings is 1. The van der Waals surface area contributed by atoms with Crippen LogP contribution in [0.5, 0.6) is 0 Å². The summed E-state index contributed by atoms with van der Waals surface area (Å²) in [5.74, 6) is 0.705. The molecule has 5 heteroatoms. The molecule has 90 valence electrons.